The Morgan fingerprint density at radius 3 is 2.48 bits per heavy atom. The number of hydrogen-bond acceptors (Lipinski definition) is 6. The lowest BCUT2D eigenvalue weighted by Gasteiger charge is -2.38. The van der Waals surface area contributed by atoms with Gasteiger partial charge in [-0.15, -0.1) is 0 Å². The lowest BCUT2D eigenvalue weighted by Crippen LogP contribution is -2.37. The van der Waals surface area contributed by atoms with Crippen LogP contribution in [0.1, 0.15) is 43.7 Å². The summed E-state index contributed by atoms with van der Waals surface area (Å²) in [5.41, 5.74) is 3.74. The summed E-state index contributed by atoms with van der Waals surface area (Å²) in [5, 5.41) is 3.32. The van der Waals surface area contributed by atoms with E-state index in [9.17, 15) is 9.59 Å². The minimum atomic E-state index is -0.427. The Bertz CT molecular complexity index is 1190. The fourth-order valence-corrected chi connectivity index (χ4v) is 5.17. The van der Waals surface area contributed by atoms with Crippen LogP contribution in [0.3, 0.4) is 0 Å². The van der Waals surface area contributed by atoms with Crippen LogP contribution in [0, 0.1) is 10.2 Å². The molecule has 3 N–H and O–H groups in total. The molecule has 0 radical (unpaired) electrons. The number of benzene rings is 1. The average Bonchev–Trinajstić information content (AvgIpc) is 2.72. The summed E-state index contributed by atoms with van der Waals surface area (Å²) < 4.78 is 5.71. The lowest BCUT2D eigenvalue weighted by molar-refractivity contribution is -0.118. The smallest absolute Gasteiger partial charge is 0.257 e. The van der Waals surface area contributed by atoms with Crippen molar-refractivity contribution >= 4 is 29.5 Å². The van der Waals surface area contributed by atoms with Crippen molar-refractivity contribution in [3.05, 3.63) is 61.8 Å². The quantitative estimate of drug-likeness (QED) is 0.622. The van der Waals surface area contributed by atoms with Crippen molar-refractivity contribution in [2.75, 3.05) is 36.5 Å². The number of nitrogens with one attached hydrogen (secondary N) is 3. The van der Waals surface area contributed by atoms with Gasteiger partial charge in [0.15, 0.2) is 10.6 Å². The summed E-state index contributed by atoms with van der Waals surface area (Å²) in [6.45, 7) is 7.34. The van der Waals surface area contributed by atoms with E-state index in [2.05, 4.69) is 46.2 Å². The van der Waals surface area contributed by atoms with Gasteiger partial charge in [0.25, 0.3) is 5.56 Å². The van der Waals surface area contributed by atoms with Gasteiger partial charge in [-0.05, 0) is 41.7 Å². The van der Waals surface area contributed by atoms with Crippen LogP contribution in [0.5, 0.6) is 0 Å². The first kappa shape index (κ1) is 20.2. The van der Waals surface area contributed by atoms with Gasteiger partial charge in [-0.2, -0.15) is 0 Å². The number of H-pyrrole nitrogens is 2. The Balaban J connectivity index is 1.63. The summed E-state index contributed by atoms with van der Waals surface area (Å²) >= 11 is 5.19. The number of nitrogens with zero attached hydrogens (tertiary/aromatic N) is 1. The zero-order valence-corrected chi connectivity index (χ0v) is 18.5. The first-order valence-corrected chi connectivity index (χ1v) is 11.1. The highest BCUT2D eigenvalue weighted by Gasteiger charge is 2.42. The Labute approximate surface area is 185 Å². The summed E-state index contributed by atoms with van der Waals surface area (Å²) in [6.07, 6.45) is 1.20. The van der Waals surface area contributed by atoms with Gasteiger partial charge in [0.2, 0.25) is 0 Å². The van der Waals surface area contributed by atoms with Crippen molar-refractivity contribution in [1.29, 1.82) is 0 Å². The highest BCUT2D eigenvalue weighted by Crippen LogP contribution is 2.47. The number of morpholine rings is 1. The Morgan fingerprint density at radius 2 is 1.77 bits per heavy atom. The second-order valence-corrected chi connectivity index (χ2v) is 9.69. The number of aromatic nitrogens is 2. The molecule has 8 heteroatoms. The molecule has 1 aromatic heterocycles. The molecule has 3 heterocycles. The lowest BCUT2D eigenvalue weighted by atomic mass is 9.69. The third kappa shape index (κ3) is 3.64. The Hall–Kier alpha value is -2.71. The fourth-order valence-electron chi connectivity index (χ4n) is 4.98. The standard InChI is InChI=1S/C23H26N4O3S/c1-23(2)11-15-18(16(28)12-23)17(19-20(24-15)25-22(31)26-21(19)29)13-3-5-14(6-4-13)27-7-9-30-10-8-27/h3-6,17H,7-12H2,1-2H3,(H3,24,25,26,29,31). The maximum atomic E-state index is 13.3. The van der Waals surface area contributed by atoms with Crippen molar-refractivity contribution in [2.45, 2.75) is 32.6 Å². The minimum Gasteiger partial charge on any atom is -0.378 e. The topological polar surface area (TPSA) is 90.2 Å². The van der Waals surface area contributed by atoms with Gasteiger partial charge in [0, 0.05) is 42.4 Å². The average molecular weight is 439 g/mol. The highest BCUT2D eigenvalue weighted by molar-refractivity contribution is 7.71. The molecule has 31 heavy (non-hydrogen) atoms. The first-order valence-electron chi connectivity index (χ1n) is 10.6. The minimum absolute atomic E-state index is 0.0912. The van der Waals surface area contributed by atoms with Gasteiger partial charge in [-0.25, -0.2) is 0 Å². The molecule has 1 aromatic carbocycles. The largest absolute Gasteiger partial charge is 0.378 e. The predicted molar refractivity (Wildman–Crippen MR) is 122 cm³/mol. The second kappa shape index (κ2) is 7.46. The number of carbonyl (C=O) groups excluding carboxylic acids is 1. The monoisotopic (exact) mass is 438 g/mol. The number of aromatic amines is 2. The van der Waals surface area contributed by atoms with E-state index < -0.39 is 5.92 Å². The van der Waals surface area contributed by atoms with Gasteiger partial charge >= 0.3 is 0 Å². The summed E-state index contributed by atoms with van der Waals surface area (Å²) in [5.74, 6) is 0.248. The number of anilines is 2. The van der Waals surface area contributed by atoms with Crippen LogP contribution in [0.2, 0.25) is 0 Å². The second-order valence-electron chi connectivity index (χ2n) is 9.28. The molecule has 1 aliphatic carbocycles. The maximum Gasteiger partial charge on any atom is 0.257 e. The van der Waals surface area contributed by atoms with E-state index in [1.54, 1.807) is 0 Å². The predicted octanol–water partition coefficient (Wildman–Crippen LogP) is 3.47. The highest BCUT2D eigenvalue weighted by atomic mass is 32.1. The maximum absolute atomic E-state index is 13.3. The van der Waals surface area contributed by atoms with Crippen molar-refractivity contribution in [3.63, 3.8) is 0 Å². The number of ketones is 1. The summed E-state index contributed by atoms with van der Waals surface area (Å²) in [4.78, 5) is 34.3. The van der Waals surface area contributed by atoms with E-state index in [1.165, 1.54) is 0 Å². The van der Waals surface area contributed by atoms with Crippen molar-refractivity contribution in [2.24, 2.45) is 5.41 Å². The van der Waals surface area contributed by atoms with Crippen LogP contribution < -0.4 is 15.8 Å². The molecule has 0 bridgehead atoms. The zero-order valence-electron chi connectivity index (χ0n) is 17.7. The fraction of sp³-hybridized carbons (Fsp3) is 0.435. The molecule has 1 atom stereocenters. The molecule has 162 valence electrons. The number of fused-ring (bicyclic) bond motifs is 1. The van der Waals surface area contributed by atoms with Gasteiger partial charge in [-0.3, -0.25) is 14.6 Å². The van der Waals surface area contributed by atoms with Gasteiger partial charge in [-0.1, -0.05) is 26.0 Å². The molecule has 0 spiro atoms. The number of Topliss-reactive ketones (excluding diaryl/α,β-unsaturated/α-hetero) is 1. The molecule has 5 rings (SSSR count). The Kier molecular flexibility index (Phi) is 4.86. The van der Waals surface area contributed by atoms with E-state index >= 15 is 0 Å². The number of allylic oxidation sites excluding steroid dienone is 2. The molecule has 1 fully saturated rings. The summed E-state index contributed by atoms with van der Waals surface area (Å²) in [6, 6.07) is 8.20. The van der Waals surface area contributed by atoms with E-state index in [4.69, 9.17) is 17.0 Å². The molecule has 2 aromatic rings. The molecule has 2 aliphatic heterocycles. The van der Waals surface area contributed by atoms with E-state index in [0.717, 1.165) is 49.7 Å². The third-order valence-electron chi connectivity index (χ3n) is 6.36. The van der Waals surface area contributed by atoms with Gasteiger partial charge in [0.1, 0.15) is 5.82 Å². The number of carbonyl (C=O) groups is 1. The zero-order chi connectivity index (χ0) is 21.8. The van der Waals surface area contributed by atoms with E-state index in [1.807, 2.05) is 12.1 Å². The van der Waals surface area contributed by atoms with Gasteiger partial charge in [0.05, 0.1) is 18.8 Å². The van der Waals surface area contributed by atoms with Gasteiger partial charge < -0.3 is 19.9 Å². The number of rotatable bonds is 2. The van der Waals surface area contributed by atoms with Crippen LogP contribution >= 0.6 is 12.2 Å². The molecule has 1 unspecified atom stereocenters. The number of hydrogen-bond donors (Lipinski definition) is 3. The van der Waals surface area contributed by atoms with Crippen molar-refractivity contribution < 1.29 is 9.53 Å². The molecule has 7 nitrogen and oxygen atoms in total. The molecular weight excluding hydrogens is 412 g/mol. The normalized spacial score (nSPS) is 22.6. The summed E-state index contributed by atoms with van der Waals surface area (Å²) in [7, 11) is 0. The van der Waals surface area contributed by atoms with Crippen LogP contribution in [-0.2, 0) is 9.53 Å². The van der Waals surface area contributed by atoms with Crippen molar-refractivity contribution in [1.82, 2.24) is 9.97 Å². The number of ether oxygens (including phenoxy) is 1. The van der Waals surface area contributed by atoms with Crippen LogP contribution in [0.15, 0.2) is 40.3 Å². The molecular formula is C23H26N4O3S. The molecule has 0 amide bonds. The molecule has 3 aliphatic rings. The van der Waals surface area contributed by atoms with E-state index in [0.29, 0.717) is 23.4 Å². The van der Waals surface area contributed by atoms with Crippen LogP contribution in [-0.4, -0.2) is 42.1 Å². The van der Waals surface area contributed by atoms with Crippen LogP contribution in [0.4, 0.5) is 11.5 Å². The third-order valence-corrected chi connectivity index (χ3v) is 6.56. The SMILES string of the molecule is CC1(C)CC(=O)C2=C(C1)Nc1[nH]c(=S)[nH]c(=O)c1C2c1ccc(N2CCOCC2)cc1. The van der Waals surface area contributed by atoms with Crippen LogP contribution in [0.25, 0.3) is 0 Å². The van der Waals surface area contributed by atoms with E-state index in [-0.39, 0.29) is 21.5 Å². The molecule has 1 saturated heterocycles. The van der Waals surface area contributed by atoms with Crippen molar-refractivity contribution in [3.8, 4) is 0 Å². The Morgan fingerprint density at radius 1 is 1.06 bits per heavy atom. The first-order chi connectivity index (χ1) is 14.8. The molecule has 0 saturated carbocycles.